The molecule has 0 spiro atoms. The summed E-state index contributed by atoms with van der Waals surface area (Å²) < 4.78 is 20.4. The van der Waals surface area contributed by atoms with Gasteiger partial charge in [0, 0.05) is 30.3 Å². The van der Waals surface area contributed by atoms with Crippen molar-refractivity contribution in [2.75, 3.05) is 13.1 Å². The van der Waals surface area contributed by atoms with Crippen LogP contribution >= 0.6 is 11.6 Å². The summed E-state index contributed by atoms with van der Waals surface area (Å²) in [5.74, 6) is 0.101. The number of carbonyl (C=O) groups excluding carboxylic acids is 1. The number of piperidine rings is 1. The zero-order valence-electron chi connectivity index (χ0n) is 22.3. The van der Waals surface area contributed by atoms with Gasteiger partial charge in [-0.05, 0) is 61.1 Å². The number of halogens is 2. The SMILES string of the molecule is O=C(OCc1ccccc1)N1CCC(c2[nH]n(-c3nc4c(Cl)cccc4[nH]3)c(=O)c2CCc2ccc(F)cc2)CC1. The fraction of sp³-hybridized carbons (Fsp3) is 0.258. The van der Waals surface area contributed by atoms with Crippen LogP contribution in [0.2, 0.25) is 5.02 Å². The molecule has 41 heavy (non-hydrogen) atoms. The first-order valence-electron chi connectivity index (χ1n) is 13.6. The number of benzene rings is 3. The van der Waals surface area contributed by atoms with E-state index in [1.165, 1.54) is 16.8 Å². The number of carbonyl (C=O) groups is 1. The van der Waals surface area contributed by atoms with Crippen LogP contribution in [0.5, 0.6) is 0 Å². The molecule has 1 fully saturated rings. The number of H-pyrrole nitrogens is 2. The maximum Gasteiger partial charge on any atom is 0.410 e. The first-order valence-corrected chi connectivity index (χ1v) is 14.0. The Labute approximate surface area is 240 Å². The lowest BCUT2D eigenvalue weighted by Crippen LogP contribution is -2.38. The van der Waals surface area contributed by atoms with Gasteiger partial charge in [-0.2, -0.15) is 4.68 Å². The van der Waals surface area contributed by atoms with Crippen molar-refractivity contribution >= 4 is 28.7 Å². The summed E-state index contributed by atoms with van der Waals surface area (Å²) in [4.78, 5) is 36.0. The van der Waals surface area contributed by atoms with Crippen molar-refractivity contribution in [3.05, 3.63) is 116 Å². The summed E-state index contributed by atoms with van der Waals surface area (Å²) >= 11 is 6.33. The number of fused-ring (bicyclic) bond motifs is 1. The van der Waals surface area contributed by atoms with Crippen LogP contribution in [0.3, 0.4) is 0 Å². The number of hydrogen-bond acceptors (Lipinski definition) is 4. The van der Waals surface area contributed by atoms with Crippen molar-refractivity contribution in [2.24, 2.45) is 0 Å². The largest absolute Gasteiger partial charge is 0.445 e. The van der Waals surface area contributed by atoms with Crippen LogP contribution in [0.25, 0.3) is 17.0 Å². The summed E-state index contributed by atoms with van der Waals surface area (Å²) in [5.41, 5.74) is 4.49. The number of likely N-dealkylation sites (tertiary alicyclic amines) is 1. The molecule has 0 unspecified atom stereocenters. The molecule has 0 saturated carbocycles. The van der Waals surface area contributed by atoms with Crippen molar-refractivity contribution in [3.63, 3.8) is 0 Å². The molecule has 1 amide bonds. The number of rotatable bonds is 7. The minimum Gasteiger partial charge on any atom is -0.445 e. The highest BCUT2D eigenvalue weighted by Crippen LogP contribution is 2.30. The summed E-state index contributed by atoms with van der Waals surface area (Å²) in [6.07, 6.45) is 2.07. The lowest BCUT2D eigenvalue weighted by Gasteiger charge is -2.31. The monoisotopic (exact) mass is 573 g/mol. The van der Waals surface area contributed by atoms with E-state index in [2.05, 4.69) is 15.1 Å². The highest BCUT2D eigenvalue weighted by Gasteiger charge is 2.29. The third kappa shape index (κ3) is 5.76. The van der Waals surface area contributed by atoms with Crippen LogP contribution in [0, 0.1) is 5.82 Å². The number of aryl methyl sites for hydroxylation is 1. The molecule has 1 aliphatic heterocycles. The average Bonchev–Trinajstić information content (AvgIpc) is 3.58. The summed E-state index contributed by atoms with van der Waals surface area (Å²) in [6.45, 7) is 1.26. The summed E-state index contributed by atoms with van der Waals surface area (Å²) in [5, 5.41) is 3.82. The average molecular weight is 574 g/mol. The normalized spacial score (nSPS) is 14.0. The molecular formula is C31H29ClFN5O3. The van der Waals surface area contributed by atoms with Crippen molar-refractivity contribution in [2.45, 2.75) is 38.2 Å². The van der Waals surface area contributed by atoms with Crippen LogP contribution in [-0.2, 0) is 24.2 Å². The lowest BCUT2D eigenvalue weighted by molar-refractivity contribution is 0.0868. The molecule has 3 heterocycles. The fourth-order valence-corrected chi connectivity index (χ4v) is 5.61. The molecule has 6 rings (SSSR count). The topological polar surface area (TPSA) is 96.0 Å². The van der Waals surface area contributed by atoms with E-state index in [0.717, 1.165) is 22.3 Å². The molecule has 210 valence electrons. The van der Waals surface area contributed by atoms with Crippen LogP contribution in [0.1, 0.15) is 41.1 Å². The van der Waals surface area contributed by atoms with Crippen molar-refractivity contribution in [1.82, 2.24) is 24.6 Å². The number of para-hydroxylation sites is 1. The second-order valence-electron chi connectivity index (χ2n) is 10.3. The predicted octanol–water partition coefficient (Wildman–Crippen LogP) is 6.14. The molecule has 0 atom stereocenters. The van der Waals surface area contributed by atoms with Crippen molar-refractivity contribution < 1.29 is 13.9 Å². The zero-order chi connectivity index (χ0) is 28.3. The lowest BCUT2D eigenvalue weighted by atomic mass is 9.90. The standard InChI is InChI=1S/C31H29ClFN5O3/c32-25-7-4-8-26-28(25)35-30(34-26)38-29(39)24(14-11-20-9-12-23(33)13-10-20)27(36-38)22-15-17-37(18-16-22)31(40)41-19-21-5-2-1-3-6-21/h1-10,12-13,22,36H,11,14-19H2,(H,34,35). The molecule has 0 aliphatic carbocycles. The molecule has 0 radical (unpaired) electrons. The van der Waals surface area contributed by atoms with Crippen LogP contribution in [0.4, 0.5) is 9.18 Å². The third-order valence-electron chi connectivity index (χ3n) is 7.62. The van der Waals surface area contributed by atoms with Crippen molar-refractivity contribution in [1.29, 1.82) is 0 Å². The zero-order valence-corrected chi connectivity index (χ0v) is 23.0. The quantitative estimate of drug-likeness (QED) is 0.245. The van der Waals surface area contributed by atoms with E-state index in [4.69, 9.17) is 16.3 Å². The Hall–Kier alpha value is -4.37. The third-order valence-corrected chi connectivity index (χ3v) is 7.93. The van der Waals surface area contributed by atoms with Gasteiger partial charge in [0.25, 0.3) is 5.56 Å². The number of aromatic amines is 2. The van der Waals surface area contributed by atoms with Gasteiger partial charge in [-0.1, -0.05) is 60.1 Å². The van der Waals surface area contributed by atoms with Crippen LogP contribution in [-0.4, -0.2) is 43.8 Å². The van der Waals surface area contributed by atoms with Gasteiger partial charge in [-0.25, -0.2) is 14.2 Å². The number of hydrogen-bond donors (Lipinski definition) is 2. The van der Waals surface area contributed by atoms with E-state index in [9.17, 15) is 14.0 Å². The number of nitrogens with one attached hydrogen (secondary N) is 2. The van der Waals surface area contributed by atoms with Gasteiger partial charge in [0.05, 0.1) is 10.5 Å². The Morgan fingerprint density at radius 2 is 1.73 bits per heavy atom. The highest BCUT2D eigenvalue weighted by atomic mass is 35.5. The van der Waals surface area contributed by atoms with E-state index in [-0.39, 0.29) is 30.0 Å². The molecule has 2 N–H and O–H groups in total. The van der Waals surface area contributed by atoms with Crippen LogP contribution in [0.15, 0.2) is 77.6 Å². The molecule has 8 nitrogen and oxygen atoms in total. The maximum absolute atomic E-state index is 13.8. The number of imidazole rings is 1. The van der Waals surface area contributed by atoms with Gasteiger partial charge in [0.2, 0.25) is 5.95 Å². The number of nitrogens with zero attached hydrogens (tertiary/aromatic N) is 3. The molecule has 2 aromatic heterocycles. The Morgan fingerprint density at radius 3 is 2.46 bits per heavy atom. The number of aromatic nitrogens is 4. The Bertz CT molecular complexity index is 1720. The predicted molar refractivity (Wildman–Crippen MR) is 155 cm³/mol. The van der Waals surface area contributed by atoms with E-state index >= 15 is 0 Å². The first-order chi connectivity index (χ1) is 20.0. The molecule has 5 aromatic rings. The van der Waals surface area contributed by atoms with Gasteiger partial charge in [-0.15, -0.1) is 0 Å². The number of amides is 1. The molecule has 3 aromatic carbocycles. The number of ether oxygens (including phenoxy) is 1. The molecule has 0 bridgehead atoms. The van der Waals surface area contributed by atoms with E-state index in [1.54, 1.807) is 23.1 Å². The second-order valence-corrected chi connectivity index (χ2v) is 10.7. The molecule has 10 heteroatoms. The van der Waals surface area contributed by atoms with Gasteiger partial charge in [-0.3, -0.25) is 9.89 Å². The van der Waals surface area contributed by atoms with Gasteiger partial charge >= 0.3 is 6.09 Å². The maximum atomic E-state index is 13.8. The molecule has 1 aliphatic rings. The summed E-state index contributed by atoms with van der Waals surface area (Å²) in [7, 11) is 0. The van der Waals surface area contributed by atoms with Gasteiger partial charge in [0.15, 0.2) is 0 Å². The minimum atomic E-state index is -0.339. The Morgan fingerprint density at radius 1 is 0.976 bits per heavy atom. The fourth-order valence-electron chi connectivity index (χ4n) is 5.39. The summed E-state index contributed by atoms with van der Waals surface area (Å²) in [6, 6.07) is 21.3. The molecular weight excluding hydrogens is 545 g/mol. The second kappa shape index (κ2) is 11.6. The van der Waals surface area contributed by atoms with Gasteiger partial charge < -0.3 is 14.6 Å². The van der Waals surface area contributed by atoms with Crippen molar-refractivity contribution in [3.8, 4) is 5.95 Å². The Kier molecular flexibility index (Phi) is 7.61. The van der Waals surface area contributed by atoms with Crippen LogP contribution < -0.4 is 5.56 Å². The van der Waals surface area contributed by atoms with E-state index < -0.39 is 0 Å². The highest BCUT2D eigenvalue weighted by molar-refractivity contribution is 6.34. The minimum absolute atomic E-state index is 0.0401. The van der Waals surface area contributed by atoms with Gasteiger partial charge in [0.1, 0.15) is 17.9 Å². The first kappa shape index (κ1) is 26.8. The van der Waals surface area contributed by atoms with E-state index in [1.807, 2.05) is 42.5 Å². The smallest absolute Gasteiger partial charge is 0.410 e. The van der Waals surface area contributed by atoms with E-state index in [0.29, 0.717) is 60.8 Å². The molecule has 1 saturated heterocycles. The Balaban J connectivity index is 1.23.